The molecule has 1 nitrogen and oxygen atoms in total. The lowest BCUT2D eigenvalue weighted by Gasteiger charge is -2.12. The van der Waals surface area contributed by atoms with Crippen molar-refractivity contribution in [1.29, 1.82) is 0 Å². The molecule has 0 saturated heterocycles. The lowest BCUT2D eigenvalue weighted by atomic mass is 10.0. The lowest BCUT2D eigenvalue weighted by molar-refractivity contribution is 0.178. The van der Waals surface area contributed by atoms with Crippen LogP contribution in [0.25, 0.3) is 0 Å². The van der Waals surface area contributed by atoms with Gasteiger partial charge in [-0.05, 0) is 35.4 Å². The number of hydrogen-bond donors (Lipinski definition) is 1. The zero-order valence-electron chi connectivity index (χ0n) is 9.41. The molecular weight excluding hydrogens is 335 g/mol. The molecule has 1 N–H and O–H groups in total. The van der Waals surface area contributed by atoms with Gasteiger partial charge in [-0.2, -0.15) is 0 Å². The van der Waals surface area contributed by atoms with Crippen molar-refractivity contribution in [3.63, 3.8) is 0 Å². The highest BCUT2D eigenvalue weighted by Crippen LogP contribution is 2.27. The van der Waals surface area contributed by atoms with Gasteiger partial charge in [0.15, 0.2) is 0 Å². The molecule has 0 aromatic heterocycles. The van der Waals surface area contributed by atoms with Gasteiger partial charge in [0.2, 0.25) is 0 Å². The first kappa shape index (κ1) is 13.9. The molecule has 18 heavy (non-hydrogen) atoms. The average Bonchev–Trinajstić information content (AvgIpc) is 2.32. The Morgan fingerprint density at radius 2 is 1.89 bits per heavy atom. The molecule has 4 heteroatoms. The van der Waals surface area contributed by atoms with Crippen molar-refractivity contribution < 1.29 is 5.11 Å². The summed E-state index contributed by atoms with van der Waals surface area (Å²) >= 11 is 15.4. The first-order chi connectivity index (χ1) is 8.56. The highest BCUT2D eigenvalue weighted by atomic mass is 79.9. The van der Waals surface area contributed by atoms with E-state index in [-0.39, 0.29) is 0 Å². The minimum atomic E-state index is -0.609. The van der Waals surface area contributed by atoms with Crippen LogP contribution in [0.2, 0.25) is 10.0 Å². The number of aliphatic hydroxyl groups is 1. The van der Waals surface area contributed by atoms with Crippen molar-refractivity contribution in [3.05, 3.63) is 68.1 Å². The average molecular weight is 346 g/mol. The van der Waals surface area contributed by atoms with Gasteiger partial charge in [-0.25, -0.2) is 0 Å². The Kier molecular flexibility index (Phi) is 4.68. The number of aliphatic hydroxyl groups excluding tert-OH is 1. The molecule has 1 unspecified atom stereocenters. The fourth-order valence-corrected chi connectivity index (χ4v) is 2.68. The third kappa shape index (κ3) is 3.48. The molecule has 2 aromatic rings. The van der Waals surface area contributed by atoms with Gasteiger partial charge in [-0.1, -0.05) is 57.3 Å². The minimum absolute atomic E-state index is 0.465. The summed E-state index contributed by atoms with van der Waals surface area (Å²) in [4.78, 5) is 0. The van der Waals surface area contributed by atoms with Crippen molar-refractivity contribution in [2.24, 2.45) is 0 Å². The van der Waals surface area contributed by atoms with Gasteiger partial charge in [0.25, 0.3) is 0 Å². The fourth-order valence-electron chi connectivity index (χ4n) is 1.73. The van der Waals surface area contributed by atoms with Crippen LogP contribution in [-0.2, 0) is 6.42 Å². The van der Waals surface area contributed by atoms with Gasteiger partial charge in [0.1, 0.15) is 0 Å². The highest BCUT2D eigenvalue weighted by Gasteiger charge is 2.11. The predicted molar refractivity (Wildman–Crippen MR) is 79.3 cm³/mol. The Labute approximate surface area is 124 Å². The van der Waals surface area contributed by atoms with Crippen LogP contribution in [0.4, 0.5) is 0 Å². The van der Waals surface area contributed by atoms with E-state index < -0.39 is 6.10 Å². The predicted octanol–water partition coefficient (Wildman–Crippen LogP) is 5.03. The Hall–Kier alpha value is -0.540. The van der Waals surface area contributed by atoms with Gasteiger partial charge in [0.05, 0.1) is 6.10 Å². The van der Waals surface area contributed by atoms with E-state index in [2.05, 4.69) is 15.9 Å². The molecule has 0 aliphatic carbocycles. The van der Waals surface area contributed by atoms with Gasteiger partial charge in [-0.3, -0.25) is 0 Å². The van der Waals surface area contributed by atoms with E-state index in [9.17, 15) is 5.11 Å². The van der Waals surface area contributed by atoms with Crippen molar-refractivity contribution >= 4 is 39.1 Å². The third-order valence-electron chi connectivity index (χ3n) is 2.66. The van der Waals surface area contributed by atoms with E-state index in [0.29, 0.717) is 16.5 Å². The molecule has 0 saturated carbocycles. The van der Waals surface area contributed by atoms with Gasteiger partial charge >= 0.3 is 0 Å². The normalized spacial score (nSPS) is 12.4. The number of halogens is 3. The van der Waals surface area contributed by atoms with E-state index >= 15 is 0 Å². The molecule has 0 amide bonds. The van der Waals surface area contributed by atoms with Crippen LogP contribution in [0.1, 0.15) is 17.2 Å². The molecule has 0 bridgehead atoms. The molecule has 0 aliphatic heterocycles. The summed E-state index contributed by atoms with van der Waals surface area (Å²) in [5.74, 6) is 0. The molecule has 0 heterocycles. The van der Waals surface area contributed by atoms with Crippen molar-refractivity contribution in [2.75, 3.05) is 0 Å². The summed E-state index contributed by atoms with van der Waals surface area (Å²) in [6, 6.07) is 12.9. The Morgan fingerprint density at radius 3 is 2.56 bits per heavy atom. The van der Waals surface area contributed by atoms with Crippen molar-refractivity contribution in [1.82, 2.24) is 0 Å². The van der Waals surface area contributed by atoms with Crippen LogP contribution < -0.4 is 0 Å². The number of benzene rings is 2. The van der Waals surface area contributed by atoms with Gasteiger partial charge < -0.3 is 5.11 Å². The standard InChI is InChI=1S/C14H11BrCl2O/c15-11-5-4-9(13(17)8-11)7-14(18)10-2-1-3-12(16)6-10/h1-6,8,14,18H,7H2. The van der Waals surface area contributed by atoms with Crippen LogP contribution in [0, 0.1) is 0 Å². The second-order valence-corrected chi connectivity index (χ2v) is 5.77. The summed E-state index contributed by atoms with van der Waals surface area (Å²) in [7, 11) is 0. The summed E-state index contributed by atoms with van der Waals surface area (Å²) in [6.45, 7) is 0. The van der Waals surface area contributed by atoms with E-state index in [1.165, 1.54) is 0 Å². The van der Waals surface area contributed by atoms with Crippen molar-refractivity contribution in [2.45, 2.75) is 12.5 Å². The van der Waals surface area contributed by atoms with Crippen LogP contribution >= 0.6 is 39.1 Å². The molecule has 0 radical (unpaired) electrons. The molecule has 0 aliphatic rings. The van der Waals surface area contributed by atoms with E-state index in [0.717, 1.165) is 15.6 Å². The summed E-state index contributed by atoms with van der Waals surface area (Å²) in [6.07, 6.45) is -0.144. The highest BCUT2D eigenvalue weighted by molar-refractivity contribution is 9.10. The third-order valence-corrected chi connectivity index (χ3v) is 3.74. The summed E-state index contributed by atoms with van der Waals surface area (Å²) in [5.41, 5.74) is 1.70. The monoisotopic (exact) mass is 344 g/mol. The second kappa shape index (κ2) is 6.07. The zero-order valence-corrected chi connectivity index (χ0v) is 12.5. The SMILES string of the molecule is OC(Cc1ccc(Br)cc1Cl)c1cccc(Cl)c1. The zero-order chi connectivity index (χ0) is 13.1. The molecule has 0 fully saturated rings. The van der Waals surface area contributed by atoms with Gasteiger partial charge in [0, 0.05) is 20.9 Å². The second-order valence-electron chi connectivity index (χ2n) is 4.01. The first-order valence-electron chi connectivity index (χ1n) is 5.44. The summed E-state index contributed by atoms with van der Waals surface area (Å²) < 4.78 is 0.925. The molecular formula is C14H11BrCl2O. The number of rotatable bonds is 3. The van der Waals surface area contributed by atoms with Gasteiger partial charge in [-0.15, -0.1) is 0 Å². The van der Waals surface area contributed by atoms with E-state index in [1.54, 1.807) is 12.1 Å². The maximum absolute atomic E-state index is 10.2. The van der Waals surface area contributed by atoms with E-state index in [4.69, 9.17) is 23.2 Å². The van der Waals surface area contributed by atoms with Crippen molar-refractivity contribution in [3.8, 4) is 0 Å². The topological polar surface area (TPSA) is 20.2 Å². The molecule has 1 atom stereocenters. The maximum atomic E-state index is 10.2. The Morgan fingerprint density at radius 1 is 1.11 bits per heavy atom. The summed E-state index contributed by atoms with van der Waals surface area (Å²) in [5, 5.41) is 11.4. The van der Waals surface area contributed by atoms with Crippen LogP contribution in [-0.4, -0.2) is 5.11 Å². The van der Waals surface area contributed by atoms with Crippen LogP contribution in [0.15, 0.2) is 46.9 Å². The first-order valence-corrected chi connectivity index (χ1v) is 6.98. The molecule has 2 rings (SSSR count). The lowest BCUT2D eigenvalue weighted by Crippen LogP contribution is -2.02. The van der Waals surface area contributed by atoms with Crippen LogP contribution in [0.5, 0.6) is 0 Å². The smallest absolute Gasteiger partial charge is 0.0831 e. The van der Waals surface area contributed by atoms with Crippen LogP contribution in [0.3, 0.4) is 0 Å². The fraction of sp³-hybridized carbons (Fsp3) is 0.143. The van der Waals surface area contributed by atoms with E-state index in [1.807, 2.05) is 30.3 Å². The molecule has 2 aromatic carbocycles. The maximum Gasteiger partial charge on any atom is 0.0831 e. The Bertz CT molecular complexity index is 557. The molecule has 0 spiro atoms. The Balaban J connectivity index is 2.18. The largest absolute Gasteiger partial charge is 0.388 e. The quantitative estimate of drug-likeness (QED) is 0.826. The minimum Gasteiger partial charge on any atom is -0.388 e. The molecule has 94 valence electrons. The number of hydrogen-bond acceptors (Lipinski definition) is 1.